The molecule has 1 atom stereocenters. The number of rotatable bonds is 6. The number of nitriles is 1. The number of carbonyl (C=O) groups excluding carboxylic acids is 1. The molecular formula is C26H21ClN2O5. The van der Waals surface area contributed by atoms with Gasteiger partial charge in [-0.2, -0.15) is 5.26 Å². The minimum absolute atomic E-state index is 0.0329. The average Bonchev–Trinajstić information content (AvgIpc) is 2.83. The Balaban J connectivity index is 1.67. The Morgan fingerprint density at radius 1 is 1.09 bits per heavy atom. The third kappa shape index (κ3) is 4.49. The third-order valence-electron chi connectivity index (χ3n) is 5.43. The highest BCUT2D eigenvalue weighted by Gasteiger charge is 2.33. The van der Waals surface area contributed by atoms with Crippen molar-refractivity contribution in [2.75, 3.05) is 14.2 Å². The zero-order valence-corrected chi connectivity index (χ0v) is 19.3. The number of esters is 1. The Morgan fingerprint density at radius 2 is 1.85 bits per heavy atom. The van der Waals surface area contributed by atoms with Gasteiger partial charge in [0.2, 0.25) is 5.88 Å². The number of nitrogens with zero attached hydrogens (tertiary/aromatic N) is 1. The van der Waals surface area contributed by atoms with E-state index in [9.17, 15) is 10.1 Å². The maximum absolute atomic E-state index is 12.4. The van der Waals surface area contributed by atoms with Crippen LogP contribution in [0.2, 0.25) is 5.02 Å². The van der Waals surface area contributed by atoms with Crippen LogP contribution in [0.4, 0.5) is 0 Å². The van der Waals surface area contributed by atoms with Crippen molar-refractivity contribution in [3.8, 4) is 29.1 Å². The predicted molar refractivity (Wildman–Crippen MR) is 126 cm³/mol. The van der Waals surface area contributed by atoms with Crippen LogP contribution >= 0.6 is 11.6 Å². The summed E-state index contributed by atoms with van der Waals surface area (Å²) in [5, 5.41) is 10.4. The molecule has 3 aromatic carbocycles. The standard InChI is InChI=1S/C26H21ClN2O5/c1-31-21-5-3-4-19(25(21)32-2)24-18-11-10-17(13-22(18)34-26(29)20(24)14-28)33-23(30)12-15-6-8-16(27)9-7-15/h3-11,13,24H,12,29H2,1-2H3. The highest BCUT2D eigenvalue weighted by Crippen LogP contribution is 2.47. The quantitative estimate of drug-likeness (QED) is 0.405. The second-order valence-corrected chi connectivity index (χ2v) is 7.92. The second-order valence-electron chi connectivity index (χ2n) is 7.48. The number of benzene rings is 3. The molecular weight excluding hydrogens is 456 g/mol. The van der Waals surface area contributed by atoms with Gasteiger partial charge < -0.3 is 24.7 Å². The van der Waals surface area contributed by atoms with Gasteiger partial charge in [0, 0.05) is 22.2 Å². The topological polar surface area (TPSA) is 104 Å². The zero-order valence-electron chi connectivity index (χ0n) is 18.5. The molecule has 0 saturated heterocycles. The molecule has 0 amide bonds. The third-order valence-corrected chi connectivity index (χ3v) is 5.68. The van der Waals surface area contributed by atoms with Crippen molar-refractivity contribution < 1.29 is 23.7 Å². The van der Waals surface area contributed by atoms with Crippen molar-refractivity contribution in [3.63, 3.8) is 0 Å². The summed E-state index contributed by atoms with van der Waals surface area (Å²) in [6.45, 7) is 0. The molecule has 1 unspecified atom stereocenters. The Kier molecular flexibility index (Phi) is 6.62. The SMILES string of the molecule is COc1cccc(C2C(C#N)=C(N)Oc3cc(OC(=O)Cc4ccc(Cl)cc4)ccc32)c1OC. The van der Waals surface area contributed by atoms with Crippen LogP contribution in [0, 0.1) is 11.3 Å². The maximum atomic E-state index is 12.4. The molecule has 1 aliphatic heterocycles. The molecule has 7 nitrogen and oxygen atoms in total. The molecule has 4 rings (SSSR count). The van der Waals surface area contributed by atoms with Crippen LogP contribution in [0.5, 0.6) is 23.0 Å². The maximum Gasteiger partial charge on any atom is 0.315 e. The van der Waals surface area contributed by atoms with Gasteiger partial charge in [0.15, 0.2) is 11.5 Å². The summed E-state index contributed by atoms with van der Waals surface area (Å²) in [5.74, 6) is 0.654. The van der Waals surface area contributed by atoms with Crippen molar-refractivity contribution in [3.05, 3.63) is 93.8 Å². The van der Waals surface area contributed by atoms with Crippen molar-refractivity contribution in [2.45, 2.75) is 12.3 Å². The number of para-hydroxylation sites is 1. The minimum Gasteiger partial charge on any atom is -0.493 e. The fraction of sp³-hybridized carbons (Fsp3) is 0.154. The molecule has 1 aliphatic rings. The summed E-state index contributed by atoms with van der Waals surface area (Å²) >= 11 is 5.89. The fourth-order valence-corrected chi connectivity index (χ4v) is 4.02. The Hall–Kier alpha value is -4.15. The van der Waals surface area contributed by atoms with Crippen molar-refractivity contribution in [1.82, 2.24) is 0 Å². The Bertz CT molecular complexity index is 1310. The molecule has 0 spiro atoms. The largest absolute Gasteiger partial charge is 0.493 e. The minimum atomic E-state index is -0.558. The lowest BCUT2D eigenvalue weighted by Crippen LogP contribution is -2.21. The average molecular weight is 477 g/mol. The molecule has 172 valence electrons. The molecule has 1 heterocycles. The number of halogens is 1. The van der Waals surface area contributed by atoms with Crippen LogP contribution < -0.4 is 24.7 Å². The molecule has 0 aliphatic carbocycles. The summed E-state index contributed by atoms with van der Waals surface area (Å²) in [6.07, 6.45) is 0.0827. The number of ether oxygens (including phenoxy) is 4. The monoisotopic (exact) mass is 476 g/mol. The summed E-state index contributed by atoms with van der Waals surface area (Å²) in [7, 11) is 3.07. The van der Waals surface area contributed by atoms with Crippen LogP contribution in [0.3, 0.4) is 0 Å². The van der Waals surface area contributed by atoms with E-state index in [1.165, 1.54) is 7.11 Å². The zero-order chi connectivity index (χ0) is 24.2. The number of hydrogen-bond acceptors (Lipinski definition) is 7. The molecule has 0 aromatic heterocycles. The van der Waals surface area contributed by atoms with E-state index in [2.05, 4.69) is 6.07 Å². The van der Waals surface area contributed by atoms with Gasteiger partial charge in [0.25, 0.3) is 0 Å². The van der Waals surface area contributed by atoms with Crippen molar-refractivity contribution in [2.24, 2.45) is 5.73 Å². The van der Waals surface area contributed by atoms with Crippen LogP contribution in [-0.2, 0) is 11.2 Å². The van der Waals surface area contributed by atoms with E-state index in [0.29, 0.717) is 39.1 Å². The molecule has 0 saturated carbocycles. The number of nitrogens with two attached hydrogens (primary N) is 1. The number of fused-ring (bicyclic) bond motifs is 1. The Morgan fingerprint density at radius 3 is 2.53 bits per heavy atom. The molecule has 8 heteroatoms. The van der Waals surface area contributed by atoms with Gasteiger partial charge in [0.1, 0.15) is 23.1 Å². The fourth-order valence-electron chi connectivity index (χ4n) is 3.89. The van der Waals surface area contributed by atoms with Crippen LogP contribution in [0.25, 0.3) is 0 Å². The molecule has 0 radical (unpaired) electrons. The van der Waals surface area contributed by atoms with Gasteiger partial charge in [0.05, 0.1) is 26.6 Å². The van der Waals surface area contributed by atoms with E-state index >= 15 is 0 Å². The molecule has 0 bridgehead atoms. The van der Waals surface area contributed by atoms with E-state index in [0.717, 1.165) is 5.56 Å². The van der Waals surface area contributed by atoms with E-state index in [-0.39, 0.29) is 17.9 Å². The molecule has 2 N–H and O–H groups in total. The lowest BCUT2D eigenvalue weighted by Gasteiger charge is -2.28. The van der Waals surface area contributed by atoms with Crippen molar-refractivity contribution in [1.29, 1.82) is 5.26 Å². The van der Waals surface area contributed by atoms with Gasteiger partial charge >= 0.3 is 5.97 Å². The normalized spacial score (nSPS) is 14.5. The Labute approximate surface area is 201 Å². The predicted octanol–water partition coefficient (Wildman–Crippen LogP) is 4.72. The molecule has 3 aromatic rings. The summed E-state index contributed by atoms with van der Waals surface area (Å²) in [5.41, 5.74) is 8.49. The van der Waals surface area contributed by atoms with Crippen LogP contribution in [0.15, 0.2) is 72.1 Å². The van der Waals surface area contributed by atoms with Gasteiger partial charge in [-0.3, -0.25) is 4.79 Å². The summed E-state index contributed by atoms with van der Waals surface area (Å²) < 4.78 is 22.2. The highest BCUT2D eigenvalue weighted by molar-refractivity contribution is 6.30. The smallest absolute Gasteiger partial charge is 0.315 e. The number of hydrogen-bond donors (Lipinski definition) is 1. The highest BCUT2D eigenvalue weighted by atomic mass is 35.5. The first-order chi connectivity index (χ1) is 16.4. The number of methoxy groups -OCH3 is 2. The van der Waals surface area contributed by atoms with E-state index in [1.54, 1.807) is 55.6 Å². The van der Waals surface area contributed by atoms with E-state index < -0.39 is 11.9 Å². The lowest BCUT2D eigenvalue weighted by molar-refractivity contribution is -0.133. The second kappa shape index (κ2) is 9.77. The van der Waals surface area contributed by atoms with E-state index in [4.69, 9.17) is 36.3 Å². The first kappa shape index (κ1) is 23.0. The number of allylic oxidation sites excluding steroid dienone is 1. The van der Waals surface area contributed by atoms with E-state index in [1.807, 2.05) is 12.1 Å². The number of carbonyl (C=O) groups is 1. The van der Waals surface area contributed by atoms with Gasteiger partial charge in [-0.15, -0.1) is 0 Å². The first-order valence-corrected chi connectivity index (χ1v) is 10.7. The first-order valence-electron chi connectivity index (χ1n) is 10.3. The summed E-state index contributed by atoms with van der Waals surface area (Å²) in [4.78, 5) is 12.4. The summed E-state index contributed by atoms with van der Waals surface area (Å²) in [6, 6.07) is 19.5. The van der Waals surface area contributed by atoms with Crippen molar-refractivity contribution >= 4 is 17.6 Å². The van der Waals surface area contributed by atoms with Crippen LogP contribution in [0.1, 0.15) is 22.6 Å². The molecule has 0 fully saturated rings. The van der Waals surface area contributed by atoms with Gasteiger partial charge in [-0.05, 0) is 29.8 Å². The lowest BCUT2D eigenvalue weighted by atomic mass is 9.83. The van der Waals surface area contributed by atoms with Gasteiger partial charge in [-0.25, -0.2) is 0 Å². The molecule has 34 heavy (non-hydrogen) atoms. The van der Waals surface area contributed by atoms with Crippen LogP contribution in [-0.4, -0.2) is 20.2 Å². The van der Waals surface area contributed by atoms with Gasteiger partial charge in [-0.1, -0.05) is 41.9 Å².